The fourth-order valence-corrected chi connectivity index (χ4v) is 3.41. The molecule has 7 heteroatoms. The van der Waals surface area contributed by atoms with E-state index in [1.165, 1.54) is 5.56 Å². The lowest BCUT2D eigenvalue weighted by molar-refractivity contribution is -0.131. The molecule has 2 aromatic rings. The highest BCUT2D eigenvalue weighted by Crippen LogP contribution is 2.22. The third-order valence-electron chi connectivity index (χ3n) is 5.25. The Labute approximate surface area is 177 Å². The molecule has 0 bridgehead atoms. The summed E-state index contributed by atoms with van der Waals surface area (Å²) >= 11 is 0. The lowest BCUT2D eigenvalue weighted by Crippen LogP contribution is -2.53. The van der Waals surface area contributed by atoms with Crippen molar-refractivity contribution in [3.8, 4) is 11.5 Å². The maximum Gasteiger partial charge on any atom is 0.317 e. The molecule has 1 aliphatic heterocycles. The van der Waals surface area contributed by atoms with E-state index in [0.29, 0.717) is 50.6 Å². The Morgan fingerprint density at radius 1 is 0.867 bits per heavy atom. The fraction of sp³-hybridized carbons (Fsp3) is 0.391. The second kappa shape index (κ2) is 10.0. The van der Waals surface area contributed by atoms with Crippen molar-refractivity contribution in [2.75, 3.05) is 40.4 Å². The molecule has 0 unspecified atom stereocenters. The second-order valence-electron chi connectivity index (χ2n) is 7.41. The van der Waals surface area contributed by atoms with Crippen LogP contribution >= 0.6 is 0 Å². The quantitative estimate of drug-likeness (QED) is 0.793. The van der Waals surface area contributed by atoms with Gasteiger partial charge in [0.1, 0.15) is 11.5 Å². The average molecular weight is 412 g/mol. The Balaban J connectivity index is 1.47. The molecule has 1 saturated heterocycles. The van der Waals surface area contributed by atoms with Crippen LogP contribution in [0.25, 0.3) is 0 Å². The van der Waals surface area contributed by atoms with E-state index in [1.54, 1.807) is 25.2 Å². The van der Waals surface area contributed by atoms with Gasteiger partial charge in [-0.1, -0.05) is 29.8 Å². The van der Waals surface area contributed by atoms with Gasteiger partial charge < -0.3 is 24.6 Å². The van der Waals surface area contributed by atoms with Gasteiger partial charge >= 0.3 is 6.03 Å². The molecule has 0 saturated carbocycles. The summed E-state index contributed by atoms with van der Waals surface area (Å²) in [6.07, 6.45) is 0.393. The summed E-state index contributed by atoms with van der Waals surface area (Å²) in [6, 6.07) is 13.4. The molecule has 0 atom stereocenters. The number of urea groups is 1. The van der Waals surface area contributed by atoms with Crippen molar-refractivity contribution in [2.24, 2.45) is 0 Å². The molecule has 1 fully saturated rings. The topological polar surface area (TPSA) is 71.1 Å². The lowest BCUT2D eigenvalue weighted by atomic mass is 10.1. The third-order valence-corrected chi connectivity index (χ3v) is 5.25. The highest BCUT2D eigenvalue weighted by atomic mass is 16.5. The van der Waals surface area contributed by atoms with Gasteiger partial charge in [-0.05, 0) is 30.2 Å². The monoisotopic (exact) mass is 411 g/mol. The Morgan fingerprint density at radius 2 is 1.43 bits per heavy atom. The Hall–Kier alpha value is -3.22. The molecule has 0 aromatic heterocycles. The van der Waals surface area contributed by atoms with Gasteiger partial charge in [0.25, 0.3) is 0 Å². The number of amides is 3. The first-order valence-electron chi connectivity index (χ1n) is 10.1. The van der Waals surface area contributed by atoms with Gasteiger partial charge in [-0.25, -0.2) is 4.79 Å². The summed E-state index contributed by atoms with van der Waals surface area (Å²) in [7, 11) is 3.19. The molecule has 1 N–H and O–H groups in total. The first-order chi connectivity index (χ1) is 14.5. The van der Waals surface area contributed by atoms with Crippen LogP contribution in [0.5, 0.6) is 11.5 Å². The summed E-state index contributed by atoms with van der Waals surface area (Å²) < 4.78 is 10.5. The summed E-state index contributed by atoms with van der Waals surface area (Å²) in [5.41, 5.74) is 3.09. The fourth-order valence-electron chi connectivity index (χ4n) is 3.41. The predicted octanol–water partition coefficient (Wildman–Crippen LogP) is 2.61. The van der Waals surface area contributed by atoms with Crippen LogP contribution in [0.15, 0.2) is 42.5 Å². The van der Waals surface area contributed by atoms with E-state index >= 15 is 0 Å². The van der Waals surface area contributed by atoms with Crippen LogP contribution in [0.4, 0.5) is 4.79 Å². The first-order valence-corrected chi connectivity index (χ1v) is 10.1. The first kappa shape index (κ1) is 21.5. The third kappa shape index (κ3) is 5.65. The summed E-state index contributed by atoms with van der Waals surface area (Å²) in [5, 5.41) is 2.93. The number of piperazine rings is 1. The summed E-state index contributed by atoms with van der Waals surface area (Å²) in [4.78, 5) is 28.6. The van der Waals surface area contributed by atoms with E-state index in [1.807, 2.05) is 48.2 Å². The predicted molar refractivity (Wildman–Crippen MR) is 115 cm³/mol. The van der Waals surface area contributed by atoms with Crippen LogP contribution in [0.2, 0.25) is 0 Å². The smallest absolute Gasteiger partial charge is 0.317 e. The molecule has 160 valence electrons. The van der Waals surface area contributed by atoms with E-state index in [0.717, 1.165) is 11.1 Å². The van der Waals surface area contributed by atoms with Gasteiger partial charge in [0.05, 0.1) is 20.6 Å². The van der Waals surface area contributed by atoms with Crippen LogP contribution in [-0.4, -0.2) is 62.1 Å². The highest BCUT2D eigenvalue weighted by Gasteiger charge is 2.24. The van der Waals surface area contributed by atoms with Crippen molar-refractivity contribution in [1.29, 1.82) is 0 Å². The zero-order valence-corrected chi connectivity index (χ0v) is 17.8. The number of rotatable bonds is 6. The largest absolute Gasteiger partial charge is 0.497 e. The molecule has 0 aliphatic carbocycles. The summed E-state index contributed by atoms with van der Waals surface area (Å²) in [6.45, 7) is 4.54. The number of nitrogens with zero attached hydrogens (tertiary/aromatic N) is 2. The minimum absolute atomic E-state index is 0.0994. The van der Waals surface area contributed by atoms with Crippen molar-refractivity contribution >= 4 is 11.9 Å². The number of aryl methyl sites for hydroxylation is 1. The normalized spacial score (nSPS) is 13.7. The average Bonchev–Trinajstić information content (AvgIpc) is 2.78. The minimum Gasteiger partial charge on any atom is -0.497 e. The van der Waals surface area contributed by atoms with E-state index in [9.17, 15) is 9.59 Å². The number of nitrogens with one attached hydrogen (secondary N) is 1. The SMILES string of the molecule is COc1cc(CNC(=O)N2CCN(C(=O)Cc3ccc(C)cc3)CC2)cc(OC)c1. The van der Waals surface area contributed by atoms with Crippen LogP contribution in [0, 0.1) is 6.92 Å². The Kier molecular flexibility index (Phi) is 7.17. The molecule has 0 radical (unpaired) electrons. The van der Waals surface area contributed by atoms with Crippen molar-refractivity contribution < 1.29 is 19.1 Å². The van der Waals surface area contributed by atoms with E-state index in [2.05, 4.69) is 5.32 Å². The Bertz CT molecular complexity index is 852. The summed E-state index contributed by atoms with van der Waals surface area (Å²) in [5.74, 6) is 1.46. The van der Waals surface area contributed by atoms with Crippen molar-refractivity contribution in [3.63, 3.8) is 0 Å². The number of carbonyl (C=O) groups excluding carboxylic acids is 2. The molecule has 2 aromatic carbocycles. The zero-order chi connectivity index (χ0) is 21.5. The van der Waals surface area contributed by atoms with E-state index in [-0.39, 0.29) is 11.9 Å². The molecule has 3 amide bonds. The van der Waals surface area contributed by atoms with Crippen molar-refractivity contribution in [2.45, 2.75) is 19.9 Å². The standard InChI is InChI=1S/C23H29N3O4/c1-17-4-6-18(7-5-17)14-22(27)25-8-10-26(11-9-25)23(28)24-16-19-12-20(29-2)15-21(13-19)30-3/h4-7,12-13,15H,8-11,14,16H2,1-3H3,(H,24,28). The number of hydrogen-bond acceptors (Lipinski definition) is 4. The van der Waals surface area contributed by atoms with Crippen molar-refractivity contribution in [3.05, 3.63) is 59.2 Å². The number of methoxy groups -OCH3 is 2. The molecule has 0 spiro atoms. The van der Waals surface area contributed by atoms with E-state index < -0.39 is 0 Å². The van der Waals surface area contributed by atoms with Gasteiger partial charge in [0.15, 0.2) is 0 Å². The van der Waals surface area contributed by atoms with Gasteiger partial charge in [-0.2, -0.15) is 0 Å². The van der Waals surface area contributed by atoms with Crippen molar-refractivity contribution in [1.82, 2.24) is 15.1 Å². The van der Waals surface area contributed by atoms with Gasteiger partial charge in [-0.3, -0.25) is 4.79 Å². The van der Waals surface area contributed by atoms with Crippen LogP contribution in [-0.2, 0) is 17.8 Å². The second-order valence-corrected chi connectivity index (χ2v) is 7.41. The molecular weight excluding hydrogens is 382 g/mol. The number of hydrogen-bond donors (Lipinski definition) is 1. The number of carbonyl (C=O) groups is 2. The van der Waals surface area contributed by atoms with E-state index in [4.69, 9.17) is 9.47 Å². The molecule has 1 aliphatic rings. The van der Waals surface area contributed by atoms with Crippen LogP contribution in [0.3, 0.4) is 0 Å². The number of ether oxygens (including phenoxy) is 2. The van der Waals surface area contributed by atoms with Crippen LogP contribution in [0.1, 0.15) is 16.7 Å². The van der Waals surface area contributed by atoms with Gasteiger partial charge in [-0.15, -0.1) is 0 Å². The van der Waals surface area contributed by atoms with Gasteiger partial charge in [0, 0.05) is 38.8 Å². The van der Waals surface area contributed by atoms with Crippen LogP contribution < -0.4 is 14.8 Å². The van der Waals surface area contributed by atoms with Gasteiger partial charge in [0.2, 0.25) is 5.91 Å². The maximum absolute atomic E-state index is 12.5. The molecule has 1 heterocycles. The Morgan fingerprint density at radius 3 is 2.00 bits per heavy atom. The zero-order valence-electron chi connectivity index (χ0n) is 17.8. The molecule has 7 nitrogen and oxygen atoms in total. The molecule has 30 heavy (non-hydrogen) atoms. The molecule has 3 rings (SSSR count). The minimum atomic E-state index is -0.137. The maximum atomic E-state index is 12.5. The molecular formula is C23H29N3O4. The lowest BCUT2D eigenvalue weighted by Gasteiger charge is -2.34. The number of benzene rings is 2. The highest BCUT2D eigenvalue weighted by molar-refractivity contribution is 5.79.